The summed E-state index contributed by atoms with van der Waals surface area (Å²) in [6.45, 7) is 4.96. The van der Waals surface area contributed by atoms with Crippen LogP contribution in [0.15, 0.2) is 12.2 Å². The Morgan fingerprint density at radius 2 is 0.575 bits per heavy atom. The number of esters is 1. The lowest BCUT2D eigenvalue weighted by atomic mass is 10.0. The molecule has 0 aliphatic heterocycles. The van der Waals surface area contributed by atoms with E-state index in [1.165, 1.54) is 360 Å². The van der Waals surface area contributed by atoms with Crippen molar-refractivity contribution in [3.05, 3.63) is 12.2 Å². The Kier molecular flexibility index (Phi) is 68.9. The maximum atomic E-state index is 12.5. The monoisotopic (exact) mass is 1130 g/mol. The minimum absolute atomic E-state index is 0.0216. The summed E-state index contributed by atoms with van der Waals surface area (Å²) < 4.78 is 5.51. The zero-order chi connectivity index (χ0) is 57.8. The summed E-state index contributed by atoms with van der Waals surface area (Å²) >= 11 is 0. The molecule has 2 atom stereocenters. The fourth-order valence-electron chi connectivity index (χ4n) is 11.9. The van der Waals surface area contributed by atoms with E-state index in [-0.39, 0.29) is 18.5 Å². The van der Waals surface area contributed by atoms with E-state index in [9.17, 15) is 19.8 Å². The number of nitrogens with one attached hydrogen (secondary N) is 1. The van der Waals surface area contributed by atoms with E-state index in [4.69, 9.17) is 4.74 Å². The second-order valence-electron chi connectivity index (χ2n) is 25.6. The molecule has 3 N–H and O–H groups in total. The normalized spacial score (nSPS) is 12.5. The fourth-order valence-corrected chi connectivity index (χ4v) is 11.9. The molecule has 6 heteroatoms. The van der Waals surface area contributed by atoms with Crippen molar-refractivity contribution < 1.29 is 24.5 Å². The molecule has 0 aromatic rings. The van der Waals surface area contributed by atoms with Gasteiger partial charge in [-0.3, -0.25) is 9.59 Å². The molecule has 80 heavy (non-hydrogen) atoms. The summed E-state index contributed by atoms with van der Waals surface area (Å²) in [4.78, 5) is 24.6. The lowest BCUT2D eigenvalue weighted by Gasteiger charge is -2.20. The smallest absolute Gasteiger partial charge is 0.305 e. The SMILES string of the molecule is CCCCCCCCCCCCCCCCCCCC/C=C/C(O)C(CO)NC(=O)CCCCCCCCCCCCCCCCCCCCCCCCCCCOC(=O)CCCCCCCCCCCCCCCCCCCC. The number of unbranched alkanes of at least 4 members (excludes halogenated alkanes) is 59. The summed E-state index contributed by atoms with van der Waals surface area (Å²) in [6.07, 6.45) is 87.3. The minimum Gasteiger partial charge on any atom is -0.466 e. The first-order valence-electron chi connectivity index (χ1n) is 37.0. The second-order valence-corrected chi connectivity index (χ2v) is 25.6. The van der Waals surface area contributed by atoms with Gasteiger partial charge < -0.3 is 20.3 Å². The van der Waals surface area contributed by atoms with Crippen molar-refractivity contribution in [1.82, 2.24) is 5.32 Å². The highest BCUT2D eigenvalue weighted by Gasteiger charge is 2.18. The molecule has 1 amide bonds. The van der Waals surface area contributed by atoms with E-state index in [1.54, 1.807) is 6.08 Å². The molecule has 0 aliphatic carbocycles. The van der Waals surface area contributed by atoms with E-state index >= 15 is 0 Å². The van der Waals surface area contributed by atoms with Crippen molar-refractivity contribution in [2.75, 3.05) is 13.2 Å². The molecular weight excluding hydrogens is 983 g/mol. The third kappa shape index (κ3) is 65.7. The number of hydrogen-bond donors (Lipinski definition) is 3. The molecule has 0 heterocycles. The Bertz CT molecular complexity index is 1210. The Morgan fingerprint density at radius 1 is 0.338 bits per heavy atom. The van der Waals surface area contributed by atoms with Gasteiger partial charge in [0.05, 0.1) is 25.4 Å². The molecule has 0 aromatic carbocycles. The molecule has 2 unspecified atom stereocenters. The molecule has 0 aromatic heterocycles. The Hall–Kier alpha value is -1.40. The number of rotatable bonds is 70. The highest BCUT2D eigenvalue weighted by molar-refractivity contribution is 5.76. The van der Waals surface area contributed by atoms with Gasteiger partial charge in [0.25, 0.3) is 0 Å². The van der Waals surface area contributed by atoms with Gasteiger partial charge in [-0.15, -0.1) is 0 Å². The number of amides is 1. The van der Waals surface area contributed by atoms with E-state index in [0.29, 0.717) is 19.4 Å². The van der Waals surface area contributed by atoms with Crippen LogP contribution in [0.4, 0.5) is 0 Å². The van der Waals surface area contributed by atoms with Crippen LogP contribution < -0.4 is 5.32 Å². The van der Waals surface area contributed by atoms with Crippen molar-refractivity contribution in [2.45, 2.75) is 437 Å². The zero-order valence-electron chi connectivity index (χ0n) is 54.6. The first-order chi connectivity index (χ1) is 39.5. The molecule has 476 valence electrons. The average Bonchev–Trinajstić information content (AvgIpc) is 3.46. The summed E-state index contributed by atoms with van der Waals surface area (Å²) in [5, 5.41) is 23.3. The van der Waals surface area contributed by atoms with Crippen molar-refractivity contribution in [3.8, 4) is 0 Å². The van der Waals surface area contributed by atoms with Gasteiger partial charge >= 0.3 is 5.97 Å². The van der Waals surface area contributed by atoms with Gasteiger partial charge in [0, 0.05) is 12.8 Å². The highest BCUT2D eigenvalue weighted by atomic mass is 16.5. The molecule has 0 saturated carbocycles. The van der Waals surface area contributed by atoms with Crippen LogP contribution >= 0.6 is 0 Å². The summed E-state index contributed by atoms with van der Waals surface area (Å²) in [5.74, 6) is -0.0399. The van der Waals surface area contributed by atoms with Gasteiger partial charge in [-0.05, 0) is 32.1 Å². The number of aliphatic hydroxyl groups is 2. The predicted molar refractivity (Wildman–Crippen MR) is 352 cm³/mol. The first kappa shape index (κ1) is 78.6. The van der Waals surface area contributed by atoms with Crippen LogP contribution in [0.5, 0.6) is 0 Å². The van der Waals surface area contributed by atoms with E-state index < -0.39 is 12.1 Å². The van der Waals surface area contributed by atoms with Crippen LogP contribution in [0, 0.1) is 0 Å². The Morgan fingerprint density at radius 3 is 0.850 bits per heavy atom. The van der Waals surface area contributed by atoms with Crippen LogP contribution in [-0.4, -0.2) is 47.4 Å². The molecule has 0 saturated heterocycles. The fraction of sp³-hybridized carbons (Fsp3) is 0.946. The Labute approximate surface area is 501 Å². The predicted octanol–water partition coefficient (Wildman–Crippen LogP) is 23.9. The Balaban J connectivity index is 3.36. The molecule has 0 bridgehead atoms. The lowest BCUT2D eigenvalue weighted by Crippen LogP contribution is -2.45. The molecule has 0 radical (unpaired) electrons. The van der Waals surface area contributed by atoms with Gasteiger partial charge in [0.15, 0.2) is 0 Å². The van der Waals surface area contributed by atoms with Crippen molar-refractivity contribution in [3.63, 3.8) is 0 Å². The third-order valence-electron chi connectivity index (χ3n) is 17.6. The van der Waals surface area contributed by atoms with E-state index in [1.807, 2.05) is 6.08 Å². The van der Waals surface area contributed by atoms with Crippen LogP contribution in [0.1, 0.15) is 425 Å². The minimum atomic E-state index is -0.844. The number of carbonyl (C=O) groups is 2. The van der Waals surface area contributed by atoms with Crippen LogP contribution in [0.25, 0.3) is 0 Å². The van der Waals surface area contributed by atoms with Gasteiger partial charge in [-0.1, -0.05) is 392 Å². The zero-order valence-corrected chi connectivity index (χ0v) is 54.6. The summed E-state index contributed by atoms with van der Waals surface area (Å²) in [6, 6.07) is -0.627. The number of aliphatic hydroxyl groups excluding tert-OH is 2. The summed E-state index contributed by atoms with van der Waals surface area (Å²) in [7, 11) is 0. The maximum Gasteiger partial charge on any atom is 0.305 e. The van der Waals surface area contributed by atoms with Crippen molar-refractivity contribution in [2.24, 2.45) is 0 Å². The number of ether oxygens (including phenoxy) is 1. The topological polar surface area (TPSA) is 95.9 Å². The highest BCUT2D eigenvalue weighted by Crippen LogP contribution is 2.20. The van der Waals surface area contributed by atoms with Gasteiger partial charge in [-0.25, -0.2) is 0 Å². The number of allylic oxidation sites excluding steroid dienone is 1. The molecule has 6 nitrogen and oxygen atoms in total. The molecule has 0 fully saturated rings. The molecular formula is C74H145NO5. The van der Waals surface area contributed by atoms with Gasteiger partial charge in [-0.2, -0.15) is 0 Å². The molecule has 0 rings (SSSR count). The van der Waals surface area contributed by atoms with Gasteiger partial charge in [0.1, 0.15) is 0 Å². The molecule has 0 aliphatic rings. The van der Waals surface area contributed by atoms with E-state index in [2.05, 4.69) is 19.2 Å². The number of carbonyl (C=O) groups excluding carboxylic acids is 2. The lowest BCUT2D eigenvalue weighted by molar-refractivity contribution is -0.143. The first-order valence-corrected chi connectivity index (χ1v) is 37.0. The van der Waals surface area contributed by atoms with Crippen LogP contribution in [0.3, 0.4) is 0 Å². The van der Waals surface area contributed by atoms with Crippen LogP contribution in [0.2, 0.25) is 0 Å². The van der Waals surface area contributed by atoms with Crippen molar-refractivity contribution in [1.29, 1.82) is 0 Å². The molecule has 0 spiro atoms. The van der Waals surface area contributed by atoms with Crippen molar-refractivity contribution >= 4 is 11.9 Å². The van der Waals surface area contributed by atoms with Gasteiger partial charge in [0.2, 0.25) is 5.91 Å². The largest absolute Gasteiger partial charge is 0.466 e. The second kappa shape index (κ2) is 70.1. The standard InChI is InChI=1S/C74H145NO5/c1-3-5-7-9-11-13-15-17-19-21-23-31-34-38-42-46-50-54-58-62-66-72(77)71(70-76)75-73(78)67-63-59-55-51-47-43-39-35-32-29-27-25-24-26-28-30-33-37-41-45-49-53-57-61-65-69-80-74(79)68-64-60-56-52-48-44-40-36-22-20-18-16-14-12-10-8-6-4-2/h62,66,71-72,76-77H,3-61,63-65,67-70H2,1-2H3,(H,75,78)/b66-62+. The number of hydrogen-bond acceptors (Lipinski definition) is 5. The van der Waals surface area contributed by atoms with Crippen LogP contribution in [-0.2, 0) is 14.3 Å². The van der Waals surface area contributed by atoms with E-state index in [0.717, 1.165) is 38.5 Å². The third-order valence-corrected chi connectivity index (χ3v) is 17.6. The quantitative estimate of drug-likeness (QED) is 0.0320. The average molecular weight is 1130 g/mol. The summed E-state index contributed by atoms with van der Waals surface area (Å²) in [5.41, 5.74) is 0. The maximum absolute atomic E-state index is 12.5.